The molecule has 0 radical (unpaired) electrons. The third kappa shape index (κ3) is 3.55. The third-order valence-electron chi connectivity index (χ3n) is 4.99. The van der Waals surface area contributed by atoms with E-state index >= 15 is 0 Å². The molecule has 1 rings (SSSR count). The van der Waals surface area contributed by atoms with Crippen LogP contribution in [0, 0.1) is 0 Å². The van der Waals surface area contributed by atoms with Crippen molar-refractivity contribution >= 4 is 9.84 Å². The molecular formula is C15H32N2O2S. The maximum absolute atomic E-state index is 12.2. The number of unbranched alkanes of at least 4 members (excludes halogenated alkanes) is 1. The predicted molar refractivity (Wildman–Crippen MR) is 85.6 cm³/mol. The van der Waals surface area contributed by atoms with Crippen LogP contribution in [0.1, 0.15) is 59.3 Å². The summed E-state index contributed by atoms with van der Waals surface area (Å²) in [6, 6.07) is 0.382. The first kappa shape index (κ1) is 17.9. The Bertz CT molecular complexity index is 397. The second-order valence-corrected chi connectivity index (χ2v) is 8.55. The van der Waals surface area contributed by atoms with Gasteiger partial charge in [-0.05, 0) is 39.2 Å². The first-order chi connectivity index (χ1) is 9.33. The molecule has 0 amide bonds. The van der Waals surface area contributed by atoms with Crippen LogP contribution in [0.4, 0.5) is 0 Å². The maximum Gasteiger partial charge on any atom is 0.152 e. The fourth-order valence-corrected chi connectivity index (χ4v) is 5.49. The average Bonchev–Trinajstić information content (AvgIpc) is 2.83. The Morgan fingerprint density at radius 1 is 1.40 bits per heavy atom. The van der Waals surface area contributed by atoms with Crippen molar-refractivity contribution in [2.45, 2.75) is 76.1 Å². The van der Waals surface area contributed by atoms with Crippen molar-refractivity contribution in [2.24, 2.45) is 5.73 Å². The van der Waals surface area contributed by atoms with E-state index in [1.54, 1.807) is 0 Å². The number of hydrogen-bond acceptors (Lipinski definition) is 4. The van der Waals surface area contributed by atoms with E-state index in [2.05, 4.69) is 25.7 Å². The van der Waals surface area contributed by atoms with Gasteiger partial charge in [0.15, 0.2) is 9.84 Å². The second kappa shape index (κ2) is 7.23. The summed E-state index contributed by atoms with van der Waals surface area (Å²) in [5.74, 6) is 0. The van der Waals surface area contributed by atoms with Crippen molar-refractivity contribution in [1.29, 1.82) is 0 Å². The van der Waals surface area contributed by atoms with E-state index in [0.717, 1.165) is 45.1 Å². The largest absolute Gasteiger partial charge is 0.329 e. The van der Waals surface area contributed by atoms with Crippen molar-refractivity contribution in [1.82, 2.24) is 4.90 Å². The number of sulfone groups is 1. The first-order valence-electron chi connectivity index (χ1n) is 7.99. The molecule has 1 aliphatic rings. The van der Waals surface area contributed by atoms with Gasteiger partial charge in [0, 0.05) is 18.8 Å². The molecule has 0 aromatic heterocycles. The Kier molecular flexibility index (Phi) is 6.48. The van der Waals surface area contributed by atoms with Crippen LogP contribution in [-0.2, 0) is 9.84 Å². The zero-order valence-electron chi connectivity index (χ0n) is 13.6. The molecule has 5 heteroatoms. The lowest BCUT2D eigenvalue weighted by Gasteiger charge is -2.47. The number of nitrogens with zero attached hydrogens (tertiary/aromatic N) is 1. The third-order valence-corrected chi connectivity index (χ3v) is 6.70. The van der Waals surface area contributed by atoms with Gasteiger partial charge in [0.25, 0.3) is 0 Å². The molecule has 3 unspecified atom stereocenters. The molecule has 20 heavy (non-hydrogen) atoms. The second-order valence-electron chi connectivity index (χ2n) is 6.32. The fraction of sp³-hybridized carbons (Fsp3) is 1.00. The molecule has 0 heterocycles. The number of hydrogen-bond donors (Lipinski definition) is 1. The van der Waals surface area contributed by atoms with Crippen LogP contribution >= 0.6 is 0 Å². The minimum Gasteiger partial charge on any atom is -0.329 e. The van der Waals surface area contributed by atoms with E-state index < -0.39 is 9.84 Å². The monoisotopic (exact) mass is 304 g/mol. The summed E-state index contributed by atoms with van der Waals surface area (Å²) >= 11 is 0. The zero-order chi connectivity index (χ0) is 15.4. The molecular weight excluding hydrogens is 272 g/mol. The van der Waals surface area contributed by atoms with Gasteiger partial charge in [-0.15, -0.1) is 0 Å². The first-order valence-corrected chi connectivity index (χ1v) is 9.94. The van der Waals surface area contributed by atoms with Gasteiger partial charge >= 0.3 is 0 Å². The van der Waals surface area contributed by atoms with Crippen molar-refractivity contribution < 1.29 is 8.42 Å². The molecule has 120 valence electrons. The van der Waals surface area contributed by atoms with Crippen LogP contribution in [0.15, 0.2) is 0 Å². The molecule has 0 saturated heterocycles. The van der Waals surface area contributed by atoms with Crippen molar-refractivity contribution in [2.75, 3.05) is 19.3 Å². The molecule has 0 spiro atoms. The van der Waals surface area contributed by atoms with Crippen LogP contribution < -0.4 is 5.73 Å². The van der Waals surface area contributed by atoms with E-state index in [4.69, 9.17) is 5.73 Å². The fourth-order valence-electron chi connectivity index (χ4n) is 3.75. The Balaban J connectivity index is 3.15. The van der Waals surface area contributed by atoms with Gasteiger partial charge in [0.2, 0.25) is 0 Å². The molecule has 1 aliphatic carbocycles. The molecule has 2 N–H and O–H groups in total. The normalized spacial score (nSPS) is 29.0. The molecule has 0 aliphatic heterocycles. The Labute approximate surface area is 125 Å². The van der Waals surface area contributed by atoms with E-state index in [-0.39, 0.29) is 10.8 Å². The summed E-state index contributed by atoms with van der Waals surface area (Å²) in [5.41, 5.74) is 5.77. The van der Waals surface area contributed by atoms with Gasteiger partial charge in [0.05, 0.1) is 10.8 Å². The molecule has 0 bridgehead atoms. The van der Waals surface area contributed by atoms with Gasteiger partial charge in [-0.1, -0.05) is 26.7 Å². The Hall–Kier alpha value is -0.130. The maximum atomic E-state index is 12.2. The minimum absolute atomic E-state index is 0.300. The van der Waals surface area contributed by atoms with Crippen LogP contribution in [0.3, 0.4) is 0 Å². The predicted octanol–water partition coefficient (Wildman–Crippen LogP) is 2.18. The highest BCUT2D eigenvalue weighted by Gasteiger charge is 2.51. The average molecular weight is 304 g/mol. The Morgan fingerprint density at radius 3 is 2.50 bits per heavy atom. The minimum atomic E-state index is -3.06. The molecule has 0 aromatic carbocycles. The molecule has 1 saturated carbocycles. The quantitative estimate of drug-likeness (QED) is 0.746. The Morgan fingerprint density at radius 2 is 2.05 bits per heavy atom. The highest BCUT2D eigenvalue weighted by molar-refractivity contribution is 7.91. The lowest BCUT2D eigenvalue weighted by molar-refractivity contribution is 0.0575. The molecule has 3 atom stereocenters. The van der Waals surface area contributed by atoms with Crippen LogP contribution in [-0.4, -0.2) is 49.5 Å². The highest BCUT2D eigenvalue weighted by atomic mass is 32.2. The van der Waals surface area contributed by atoms with Crippen molar-refractivity contribution in [3.05, 3.63) is 0 Å². The topological polar surface area (TPSA) is 63.4 Å². The smallest absolute Gasteiger partial charge is 0.152 e. The summed E-state index contributed by atoms with van der Waals surface area (Å²) in [4.78, 5) is 2.41. The lowest BCUT2D eigenvalue weighted by atomic mass is 9.91. The highest BCUT2D eigenvalue weighted by Crippen LogP contribution is 2.40. The van der Waals surface area contributed by atoms with Gasteiger partial charge in [-0.3, -0.25) is 4.90 Å². The van der Waals surface area contributed by atoms with E-state index in [1.165, 1.54) is 6.26 Å². The summed E-state index contributed by atoms with van der Waals surface area (Å²) in [6.45, 7) is 7.93. The zero-order valence-corrected chi connectivity index (χ0v) is 14.4. The molecule has 4 nitrogen and oxygen atoms in total. The van der Waals surface area contributed by atoms with Gasteiger partial charge in [-0.2, -0.15) is 0 Å². The van der Waals surface area contributed by atoms with E-state index in [9.17, 15) is 8.42 Å². The van der Waals surface area contributed by atoms with E-state index in [0.29, 0.717) is 12.6 Å². The number of rotatable bonds is 8. The summed E-state index contributed by atoms with van der Waals surface area (Å²) in [6.07, 6.45) is 7.27. The van der Waals surface area contributed by atoms with Crippen LogP contribution in [0.25, 0.3) is 0 Å². The molecule has 1 fully saturated rings. The van der Waals surface area contributed by atoms with E-state index in [1.807, 2.05) is 0 Å². The summed E-state index contributed by atoms with van der Waals surface area (Å²) in [7, 11) is -3.06. The van der Waals surface area contributed by atoms with Gasteiger partial charge < -0.3 is 5.73 Å². The van der Waals surface area contributed by atoms with Gasteiger partial charge in [0.1, 0.15) is 0 Å². The SMILES string of the molecule is CCCCN(C(C)CC)C1(CN)CCCC1S(C)(=O)=O. The summed E-state index contributed by atoms with van der Waals surface area (Å²) < 4.78 is 24.4. The summed E-state index contributed by atoms with van der Waals surface area (Å²) in [5, 5.41) is -0.300. The van der Waals surface area contributed by atoms with Crippen LogP contribution in [0.2, 0.25) is 0 Å². The standard InChI is InChI=1S/C15H32N2O2S/c1-5-7-11-17(13(3)6-2)15(12-16)10-8-9-14(15)20(4,18)19/h13-14H,5-12,16H2,1-4H3. The lowest BCUT2D eigenvalue weighted by Crippen LogP contribution is -2.63. The van der Waals surface area contributed by atoms with Crippen molar-refractivity contribution in [3.8, 4) is 0 Å². The van der Waals surface area contributed by atoms with Crippen molar-refractivity contribution in [3.63, 3.8) is 0 Å². The number of nitrogens with two attached hydrogens (primary N) is 1. The van der Waals surface area contributed by atoms with Gasteiger partial charge in [-0.25, -0.2) is 8.42 Å². The van der Waals surface area contributed by atoms with Crippen LogP contribution in [0.5, 0.6) is 0 Å². The molecule has 0 aromatic rings.